The number of hydrogen-bond donors (Lipinski definition) is 1. The number of para-hydroxylation sites is 1. The highest BCUT2D eigenvalue weighted by atomic mass is 32.1. The Bertz CT molecular complexity index is 812. The predicted molar refractivity (Wildman–Crippen MR) is 106 cm³/mol. The van der Waals surface area contributed by atoms with E-state index < -0.39 is 6.04 Å². The summed E-state index contributed by atoms with van der Waals surface area (Å²) in [5.74, 6) is 0.982. The molecule has 3 rings (SSSR count). The Kier molecular flexibility index (Phi) is 6.11. The maximum Gasteiger partial charge on any atom is 0.244 e. The third-order valence-corrected chi connectivity index (χ3v) is 5.86. The van der Waals surface area contributed by atoms with Crippen LogP contribution in [0.25, 0.3) is 11.3 Å². The Labute approximate surface area is 163 Å². The van der Waals surface area contributed by atoms with Crippen LogP contribution in [0.2, 0.25) is 0 Å². The molecule has 7 heteroatoms. The van der Waals surface area contributed by atoms with Crippen LogP contribution in [0, 0.1) is 0 Å². The molecule has 144 valence electrons. The average molecular weight is 388 g/mol. The van der Waals surface area contributed by atoms with Crippen LogP contribution in [0.4, 0.5) is 0 Å². The van der Waals surface area contributed by atoms with Gasteiger partial charge >= 0.3 is 0 Å². The first-order valence-electron chi connectivity index (χ1n) is 9.14. The molecule has 0 spiro atoms. The molecule has 1 saturated heterocycles. The van der Waals surface area contributed by atoms with Crippen LogP contribution in [0.15, 0.2) is 29.6 Å². The lowest BCUT2D eigenvalue weighted by Crippen LogP contribution is -2.48. The lowest BCUT2D eigenvalue weighted by molar-refractivity contribution is -0.136. The smallest absolute Gasteiger partial charge is 0.244 e. The van der Waals surface area contributed by atoms with Crippen molar-refractivity contribution in [2.45, 2.75) is 38.6 Å². The van der Waals surface area contributed by atoms with Gasteiger partial charge in [0.1, 0.15) is 11.8 Å². The predicted octanol–water partition coefficient (Wildman–Crippen LogP) is 3.05. The largest absolute Gasteiger partial charge is 0.496 e. The lowest BCUT2D eigenvalue weighted by Gasteiger charge is -2.32. The minimum atomic E-state index is -0.476. The Hall–Kier alpha value is -2.41. The van der Waals surface area contributed by atoms with E-state index in [2.05, 4.69) is 10.7 Å². The summed E-state index contributed by atoms with van der Waals surface area (Å²) in [5, 5.41) is 5.84. The zero-order chi connectivity index (χ0) is 19.4. The Morgan fingerprint density at radius 2 is 2.00 bits per heavy atom. The molecule has 2 heterocycles. The maximum absolute atomic E-state index is 12.4. The Morgan fingerprint density at radius 3 is 2.67 bits per heavy atom. The third kappa shape index (κ3) is 4.47. The van der Waals surface area contributed by atoms with E-state index in [1.54, 1.807) is 25.4 Å². The van der Waals surface area contributed by atoms with Crippen LogP contribution in [0.3, 0.4) is 0 Å². The molecule has 1 fully saturated rings. The number of likely N-dealkylation sites (tertiary alicyclic amines) is 1. The number of nitrogens with one attached hydrogen (secondary N) is 1. The molecule has 1 aromatic carbocycles. The summed E-state index contributed by atoms with van der Waals surface area (Å²) in [7, 11) is 1.67. The monoisotopic (exact) mass is 387 g/mol. The summed E-state index contributed by atoms with van der Waals surface area (Å²) in [5.41, 5.74) is 1.93. The van der Waals surface area contributed by atoms with Gasteiger partial charge in [-0.1, -0.05) is 12.1 Å². The number of ether oxygens (including phenoxy) is 1. The van der Waals surface area contributed by atoms with Crippen molar-refractivity contribution in [3.63, 3.8) is 0 Å². The molecule has 2 aromatic rings. The van der Waals surface area contributed by atoms with Gasteiger partial charge in [0.25, 0.3) is 0 Å². The molecule has 1 aliphatic rings. The van der Waals surface area contributed by atoms with Crippen molar-refractivity contribution in [2.24, 2.45) is 0 Å². The molecule has 0 radical (unpaired) electrons. The molecule has 2 amide bonds. The molecule has 27 heavy (non-hydrogen) atoms. The van der Waals surface area contributed by atoms with E-state index in [9.17, 15) is 9.59 Å². The molecule has 6 nitrogen and oxygen atoms in total. The summed E-state index contributed by atoms with van der Waals surface area (Å²) in [6.45, 7) is 4.54. The van der Waals surface area contributed by atoms with E-state index in [0.717, 1.165) is 34.9 Å². The molecule has 1 atom stereocenters. The second-order valence-electron chi connectivity index (χ2n) is 6.79. The van der Waals surface area contributed by atoms with Crippen molar-refractivity contribution in [1.82, 2.24) is 15.2 Å². The number of carbonyl (C=O) groups is 2. The standard InChI is InChI=1S/C20H25N3O3S/c1-13(21-14(2)24)20(25)23-10-8-15(9-11-23)19-22-17(12-27-19)16-6-4-5-7-18(16)26-3/h4-7,12-13,15H,8-11H2,1-3H3,(H,21,24). The van der Waals surface area contributed by atoms with Gasteiger partial charge in [0.2, 0.25) is 11.8 Å². The van der Waals surface area contributed by atoms with Gasteiger partial charge in [0.15, 0.2) is 0 Å². The van der Waals surface area contributed by atoms with Gasteiger partial charge in [-0.25, -0.2) is 4.98 Å². The first kappa shape index (κ1) is 19.4. The molecule has 0 bridgehead atoms. The number of amides is 2. The van der Waals surface area contributed by atoms with Gasteiger partial charge in [0.05, 0.1) is 17.8 Å². The Morgan fingerprint density at radius 1 is 1.30 bits per heavy atom. The first-order chi connectivity index (χ1) is 13.0. The average Bonchev–Trinajstić information content (AvgIpc) is 3.17. The van der Waals surface area contributed by atoms with Crippen molar-refractivity contribution < 1.29 is 14.3 Å². The summed E-state index contributed by atoms with van der Waals surface area (Å²) < 4.78 is 5.44. The van der Waals surface area contributed by atoms with Crippen LogP contribution in [-0.2, 0) is 9.59 Å². The van der Waals surface area contributed by atoms with Crippen LogP contribution in [0.1, 0.15) is 37.6 Å². The third-order valence-electron chi connectivity index (χ3n) is 4.85. The van der Waals surface area contributed by atoms with E-state index >= 15 is 0 Å². The summed E-state index contributed by atoms with van der Waals surface area (Å²) in [4.78, 5) is 30.2. The summed E-state index contributed by atoms with van der Waals surface area (Å²) in [6.07, 6.45) is 1.77. The number of rotatable bonds is 5. The number of aromatic nitrogens is 1. The zero-order valence-electron chi connectivity index (χ0n) is 15.9. The number of piperidine rings is 1. The van der Waals surface area contributed by atoms with Crippen LogP contribution < -0.4 is 10.1 Å². The molecule has 0 saturated carbocycles. The number of thiazole rings is 1. The molecule has 1 N–H and O–H groups in total. The highest BCUT2D eigenvalue weighted by Crippen LogP contribution is 2.35. The topological polar surface area (TPSA) is 71.5 Å². The minimum Gasteiger partial charge on any atom is -0.496 e. The van der Waals surface area contributed by atoms with Crippen molar-refractivity contribution in [1.29, 1.82) is 0 Å². The Balaban J connectivity index is 1.63. The van der Waals surface area contributed by atoms with Gasteiger partial charge in [-0.3, -0.25) is 9.59 Å². The van der Waals surface area contributed by atoms with Gasteiger partial charge in [-0.15, -0.1) is 11.3 Å². The van der Waals surface area contributed by atoms with E-state index in [-0.39, 0.29) is 11.8 Å². The van der Waals surface area contributed by atoms with Crippen molar-refractivity contribution >= 4 is 23.2 Å². The number of hydrogen-bond acceptors (Lipinski definition) is 5. The second-order valence-corrected chi connectivity index (χ2v) is 7.68. The van der Waals surface area contributed by atoms with Crippen molar-refractivity contribution in [3.8, 4) is 17.0 Å². The van der Waals surface area contributed by atoms with Crippen molar-refractivity contribution in [2.75, 3.05) is 20.2 Å². The van der Waals surface area contributed by atoms with Crippen molar-refractivity contribution in [3.05, 3.63) is 34.7 Å². The molecule has 1 aliphatic heterocycles. The highest BCUT2D eigenvalue weighted by Gasteiger charge is 2.28. The van der Waals surface area contributed by atoms with Gasteiger partial charge in [-0.2, -0.15) is 0 Å². The minimum absolute atomic E-state index is 0.0162. The fourth-order valence-corrected chi connectivity index (χ4v) is 4.43. The van der Waals surface area contributed by atoms with E-state index in [0.29, 0.717) is 19.0 Å². The number of benzene rings is 1. The normalized spacial score (nSPS) is 16.0. The highest BCUT2D eigenvalue weighted by molar-refractivity contribution is 7.10. The summed E-state index contributed by atoms with van der Waals surface area (Å²) >= 11 is 1.67. The van der Waals surface area contributed by atoms with E-state index in [4.69, 9.17) is 9.72 Å². The van der Waals surface area contributed by atoms with Gasteiger partial charge in [0, 0.05) is 36.9 Å². The van der Waals surface area contributed by atoms with Crippen LogP contribution in [0.5, 0.6) is 5.75 Å². The van der Waals surface area contributed by atoms with Crippen LogP contribution in [-0.4, -0.2) is 47.9 Å². The van der Waals surface area contributed by atoms with Gasteiger partial charge in [-0.05, 0) is 31.9 Å². The van der Waals surface area contributed by atoms with E-state index in [1.165, 1.54) is 6.92 Å². The van der Waals surface area contributed by atoms with Crippen LogP contribution >= 0.6 is 11.3 Å². The van der Waals surface area contributed by atoms with Gasteiger partial charge < -0.3 is 15.0 Å². The summed E-state index contributed by atoms with van der Waals surface area (Å²) in [6, 6.07) is 7.41. The molecular formula is C20H25N3O3S. The fourth-order valence-electron chi connectivity index (χ4n) is 3.44. The number of methoxy groups -OCH3 is 1. The zero-order valence-corrected chi connectivity index (χ0v) is 16.7. The number of nitrogens with zero attached hydrogens (tertiary/aromatic N) is 2. The SMILES string of the molecule is COc1ccccc1-c1csc(C2CCN(C(=O)C(C)NC(C)=O)CC2)n1. The molecule has 0 aliphatic carbocycles. The quantitative estimate of drug-likeness (QED) is 0.856. The molecule has 1 aromatic heterocycles. The maximum atomic E-state index is 12.4. The molecule has 1 unspecified atom stereocenters. The first-order valence-corrected chi connectivity index (χ1v) is 10.0. The molecular weight excluding hydrogens is 362 g/mol. The second kappa shape index (κ2) is 8.52. The fraction of sp³-hybridized carbons (Fsp3) is 0.450. The number of carbonyl (C=O) groups excluding carboxylic acids is 2. The van der Waals surface area contributed by atoms with E-state index in [1.807, 2.05) is 29.2 Å². The lowest BCUT2D eigenvalue weighted by atomic mass is 9.97.